The van der Waals surface area contributed by atoms with E-state index in [-0.39, 0.29) is 0 Å². The number of hydrogen-bond donors (Lipinski definition) is 0. The number of rotatable bonds is 5. The lowest BCUT2D eigenvalue weighted by Gasteiger charge is -2.39. The molecule has 4 rings (SSSR count). The van der Waals surface area contributed by atoms with E-state index >= 15 is 0 Å². The second kappa shape index (κ2) is 8.13. The predicted octanol–water partition coefficient (Wildman–Crippen LogP) is 3.44. The molecule has 27 heavy (non-hydrogen) atoms. The van der Waals surface area contributed by atoms with Crippen molar-refractivity contribution in [2.24, 2.45) is 4.99 Å². The minimum absolute atomic E-state index is 0.329. The van der Waals surface area contributed by atoms with Gasteiger partial charge < -0.3 is 9.80 Å². The van der Waals surface area contributed by atoms with Gasteiger partial charge in [0.2, 0.25) is 0 Å². The molecule has 1 saturated heterocycles. The molecular formula is C23H30N4. The zero-order chi connectivity index (χ0) is 18.6. The first-order valence-electron chi connectivity index (χ1n) is 10.0. The van der Waals surface area contributed by atoms with Crippen molar-refractivity contribution in [2.75, 3.05) is 38.6 Å². The van der Waals surface area contributed by atoms with Crippen LogP contribution in [0, 0.1) is 0 Å². The molecule has 2 aliphatic heterocycles. The van der Waals surface area contributed by atoms with Gasteiger partial charge in [0.25, 0.3) is 0 Å². The molecule has 0 radical (unpaired) electrons. The maximum absolute atomic E-state index is 4.67. The molecule has 0 bridgehead atoms. The van der Waals surface area contributed by atoms with Crippen LogP contribution < -0.4 is 4.90 Å². The fourth-order valence-electron chi connectivity index (χ4n) is 4.19. The van der Waals surface area contributed by atoms with Crippen LogP contribution in [0.5, 0.6) is 0 Å². The molecule has 0 amide bonds. The minimum Gasteiger partial charge on any atom is -0.378 e. The first kappa shape index (κ1) is 18.1. The minimum atomic E-state index is 0.329. The van der Waals surface area contributed by atoms with E-state index in [1.807, 2.05) is 0 Å². The Labute approximate surface area is 163 Å². The Morgan fingerprint density at radius 1 is 1.07 bits per heavy atom. The summed E-state index contributed by atoms with van der Waals surface area (Å²) in [6.45, 7) is 3.36. The Morgan fingerprint density at radius 2 is 1.81 bits per heavy atom. The third-order valence-corrected chi connectivity index (χ3v) is 5.86. The number of piperidine rings is 1. The molecule has 2 unspecified atom stereocenters. The Kier molecular flexibility index (Phi) is 5.44. The number of allylic oxidation sites excluding steroid dienone is 2. The van der Waals surface area contributed by atoms with Gasteiger partial charge in [-0.25, -0.2) is 0 Å². The highest BCUT2D eigenvalue weighted by molar-refractivity contribution is 5.62. The van der Waals surface area contributed by atoms with E-state index in [0.717, 1.165) is 19.6 Å². The highest BCUT2D eigenvalue weighted by atomic mass is 15.3. The molecule has 4 nitrogen and oxygen atoms in total. The fourth-order valence-corrected chi connectivity index (χ4v) is 4.19. The van der Waals surface area contributed by atoms with Crippen molar-refractivity contribution in [1.29, 1.82) is 0 Å². The third kappa shape index (κ3) is 4.16. The quantitative estimate of drug-likeness (QED) is 0.801. The lowest BCUT2D eigenvalue weighted by Crippen LogP contribution is -2.48. The number of aliphatic imine (C=N–C) groups is 1. The third-order valence-electron chi connectivity index (χ3n) is 5.86. The average molecular weight is 363 g/mol. The molecule has 0 saturated carbocycles. The van der Waals surface area contributed by atoms with Gasteiger partial charge in [-0.1, -0.05) is 48.6 Å². The van der Waals surface area contributed by atoms with Crippen LogP contribution in [-0.4, -0.2) is 68.0 Å². The smallest absolute Gasteiger partial charge is 0.0940 e. The first-order valence-corrected chi connectivity index (χ1v) is 10.0. The summed E-state index contributed by atoms with van der Waals surface area (Å²) in [5.41, 5.74) is 2.51. The Hall–Kier alpha value is -2.33. The van der Waals surface area contributed by atoms with Crippen LogP contribution >= 0.6 is 0 Å². The van der Waals surface area contributed by atoms with Crippen molar-refractivity contribution in [2.45, 2.75) is 31.0 Å². The normalized spacial score (nSPS) is 25.5. The zero-order valence-corrected chi connectivity index (χ0v) is 16.4. The summed E-state index contributed by atoms with van der Waals surface area (Å²) in [6, 6.07) is 10.1. The molecule has 142 valence electrons. The average Bonchev–Trinajstić information content (AvgIpc) is 3.13. The summed E-state index contributed by atoms with van der Waals surface area (Å²) in [5.74, 6) is 0. The number of hydrogen-bond acceptors (Lipinski definition) is 4. The van der Waals surface area contributed by atoms with Gasteiger partial charge in [0.15, 0.2) is 0 Å². The van der Waals surface area contributed by atoms with Crippen LogP contribution in [0.4, 0.5) is 5.69 Å². The van der Waals surface area contributed by atoms with Crippen LogP contribution in [0.2, 0.25) is 0 Å². The van der Waals surface area contributed by atoms with Gasteiger partial charge in [0, 0.05) is 45.5 Å². The topological polar surface area (TPSA) is 22.1 Å². The summed E-state index contributed by atoms with van der Waals surface area (Å²) >= 11 is 0. The van der Waals surface area contributed by atoms with E-state index in [1.54, 1.807) is 0 Å². The molecule has 0 aromatic heterocycles. The van der Waals surface area contributed by atoms with Crippen LogP contribution in [-0.2, 0) is 0 Å². The van der Waals surface area contributed by atoms with Crippen LogP contribution in [0.1, 0.15) is 18.4 Å². The van der Waals surface area contributed by atoms with Gasteiger partial charge in [0.1, 0.15) is 0 Å². The van der Waals surface area contributed by atoms with Crippen molar-refractivity contribution < 1.29 is 0 Å². The van der Waals surface area contributed by atoms with E-state index in [1.165, 1.54) is 24.1 Å². The van der Waals surface area contributed by atoms with Crippen LogP contribution in [0.25, 0.3) is 6.08 Å². The summed E-state index contributed by atoms with van der Waals surface area (Å²) < 4.78 is 0. The van der Waals surface area contributed by atoms with Crippen molar-refractivity contribution in [3.63, 3.8) is 0 Å². The Bertz CT molecular complexity index is 736. The lowest BCUT2D eigenvalue weighted by molar-refractivity contribution is 0.156. The highest BCUT2D eigenvalue weighted by Crippen LogP contribution is 2.26. The number of benzene rings is 1. The van der Waals surface area contributed by atoms with Gasteiger partial charge in [-0.2, -0.15) is 0 Å². The van der Waals surface area contributed by atoms with Gasteiger partial charge in [-0.05, 0) is 30.5 Å². The predicted molar refractivity (Wildman–Crippen MR) is 115 cm³/mol. The van der Waals surface area contributed by atoms with Gasteiger partial charge in [0.05, 0.1) is 18.4 Å². The zero-order valence-electron chi connectivity index (χ0n) is 16.4. The molecule has 0 spiro atoms. The van der Waals surface area contributed by atoms with E-state index < -0.39 is 0 Å². The van der Waals surface area contributed by atoms with E-state index in [9.17, 15) is 0 Å². The molecule has 2 atom stereocenters. The number of nitrogens with zero attached hydrogens (tertiary/aromatic N) is 4. The Morgan fingerprint density at radius 3 is 2.56 bits per heavy atom. The monoisotopic (exact) mass is 362 g/mol. The molecule has 0 N–H and O–H groups in total. The molecule has 1 fully saturated rings. The second-order valence-electron chi connectivity index (χ2n) is 7.88. The standard InChI is InChI=1S/C23H30N4/c1-25(2)20-11-9-19(10-12-20)6-5-15-26-16-13-21(14-17-26)27-18-24-22-7-3-4-8-23(22)27/h3-12,18,21-23H,13-17H2,1-2H3. The number of fused-ring (bicyclic) bond motifs is 1. The van der Waals surface area contributed by atoms with Crippen LogP contribution in [0.3, 0.4) is 0 Å². The van der Waals surface area contributed by atoms with Gasteiger partial charge in [-0.15, -0.1) is 0 Å². The fraction of sp³-hybridized carbons (Fsp3) is 0.435. The lowest BCUT2D eigenvalue weighted by atomic mass is 9.98. The summed E-state index contributed by atoms with van der Waals surface area (Å²) in [6.07, 6.45) is 17.9. The van der Waals surface area contributed by atoms with Crippen LogP contribution in [0.15, 0.2) is 59.6 Å². The van der Waals surface area contributed by atoms with Crippen molar-refractivity contribution in [1.82, 2.24) is 9.80 Å². The molecule has 1 aliphatic carbocycles. The van der Waals surface area contributed by atoms with E-state index in [4.69, 9.17) is 0 Å². The van der Waals surface area contributed by atoms with Crippen molar-refractivity contribution >= 4 is 18.1 Å². The number of likely N-dealkylation sites (tertiary alicyclic amines) is 1. The Balaban J connectivity index is 1.24. The first-order chi connectivity index (χ1) is 13.2. The van der Waals surface area contributed by atoms with Crippen molar-refractivity contribution in [3.8, 4) is 0 Å². The molecule has 3 aliphatic rings. The largest absolute Gasteiger partial charge is 0.378 e. The summed E-state index contributed by atoms with van der Waals surface area (Å²) in [5, 5.41) is 0. The maximum atomic E-state index is 4.67. The van der Waals surface area contributed by atoms with E-state index in [0.29, 0.717) is 18.1 Å². The molecule has 1 aromatic rings. The second-order valence-corrected chi connectivity index (χ2v) is 7.88. The van der Waals surface area contributed by atoms with Gasteiger partial charge in [-0.3, -0.25) is 9.89 Å². The van der Waals surface area contributed by atoms with Gasteiger partial charge >= 0.3 is 0 Å². The molecule has 1 aromatic carbocycles. The van der Waals surface area contributed by atoms with Crippen molar-refractivity contribution in [3.05, 3.63) is 60.2 Å². The SMILES string of the molecule is CN(C)c1ccc(C=CCN2CCC(N3C=NC4C=CC=CC43)CC2)cc1. The summed E-state index contributed by atoms with van der Waals surface area (Å²) in [4.78, 5) is 11.8. The summed E-state index contributed by atoms with van der Waals surface area (Å²) in [7, 11) is 4.15. The van der Waals surface area contributed by atoms with E-state index in [2.05, 4.69) is 101 Å². The molecule has 2 heterocycles. The highest BCUT2D eigenvalue weighted by Gasteiger charge is 2.34. The maximum Gasteiger partial charge on any atom is 0.0940 e. The molecular weight excluding hydrogens is 332 g/mol. The molecule has 4 heteroatoms. The number of anilines is 1.